The first-order chi connectivity index (χ1) is 49.3. The molecule has 10 N–H and O–H groups in total. The number of carbonyl (C=O) groups excluding carboxylic acids is 10. The number of urea groups is 2. The number of carboxylic acids is 6. The minimum atomic E-state index is -1.54. The van der Waals surface area contributed by atoms with E-state index in [2.05, 4.69) is 48.7 Å². The van der Waals surface area contributed by atoms with Crippen LogP contribution < -0.4 is 58.1 Å². The van der Waals surface area contributed by atoms with Crippen LogP contribution in [0.15, 0.2) is 36.4 Å². The molecule has 4 aliphatic rings. The number of hydrogen-bond acceptors (Lipinski definition) is 23. The Bertz CT molecular complexity index is 3160. The van der Waals surface area contributed by atoms with Gasteiger partial charge in [-0.1, -0.05) is 94.0 Å². The molecule has 8 atom stereocenters. The third-order valence-corrected chi connectivity index (χ3v) is 21.3. The standard InChI is InChI=1S/C49H64N6O13S2.C23H40N4O5S.Eu/c56-37(11-8-9-14-41-47-40(31-70-41)52-49(68)53-47)10-4-3-6-13-39(48(66)67)51-42(57)15-7-2-1-5-12-38(69)24-33-19-16-32(17-20-33)18-21-34-22-35(25-54(27-43(58)59)28-44(60)61)50-36(23-34)26-55(29-45(62)63)30-46(64)65;24-14-8-2-5-13-20(29)25-17(22(30)31)11-4-1-3-9-16(28)10-6-7-12-19-21-18(15-33-19)26-23(32)27-21;/h16-17,19-20,22-23,39-41,47H,1-15,24-31H2,(H,51,57)(H,58,59)(H,60,61)(H,62,63)(H,64,65)(H,66,67)(H2,52,53,68);17-19,21H,1-15,24H2,(H,25,29)(H,30,31)(H2,26,27,32);/q;;+3/p-4. The summed E-state index contributed by atoms with van der Waals surface area (Å²) >= 11 is 9.39. The van der Waals surface area contributed by atoms with Gasteiger partial charge in [0.1, 0.15) is 23.7 Å². The van der Waals surface area contributed by atoms with E-state index in [0.717, 1.165) is 115 Å². The zero-order chi connectivity index (χ0) is 75.1. The van der Waals surface area contributed by atoms with Gasteiger partial charge in [-0.05, 0) is 125 Å². The molecule has 8 unspecified atom stereocenters. The summed E-state index contributed by atoms with van der Waals surface area (Å²) in [6.45, 7) is -2.98. The Kier molecular flexibility index (Phi) is 43.7. The number of carbonyl (C=O) groups is 12. The van der Waals surface area contributed by atoms with Crippen LogP contribution in [0.1, 0.15) is 208 Å². The fourth-order valence-corrected chi connectivity index (χ4v) is 16.2. The van der Waals surface area contributed by atoms with E-state index >= 15 is 0 Å². The molecule has 0 bridgehead atoms. The number of thioether (sulfide) groups is 2. The number of aliphatic carboxylic acids is 6. The van der Waals surface area contributed by atoms with Crippen molar-refractivity contribution in [2.45, 2.75) is 246 Å². The van der Waals surface area contributed by atoms with Crippen molar-refractivity contribution in [1.29, 1.82) is 0 Å². The molecule has 28 nitrogen and oxygen atoms in total. The molecule has 0 aliphatic carbocycles. The monoisotopic (exact) mass is 1640 g/mol. The van der Waals surface area contributed by atoms with E-state index in [4.69, 9.17) is 18.0 Å². The van der Waals surface area contributed by atoms with Gasteiger partial charge in [-0.15, -0.1) is 0 Å². The molecule has 104 heavy (non-hydrogen) atoms. The molecule has 2 aromatic rings. The number of nitrogens with two attached hydrogens (primary N) is 1. The van der Waals surface area contributed by atoms with Gasteiger partial charge < -0.3 is 87.5 Å². The maximum Gasteiger partial charge on any atom is 3.00 e. The Morgan fingerprint density at radius 1 is 0.529 bits per heavy atom. The number of thiocarbonyl (C=S) groups is 1. The van der Waals surface area contributed by atoms with Crippen molar-refractivity contribution in [3.8, 4) is 11.8 Å². The van der Waals surface area contributed by atoms with Gasteiger partial charge in [0.15, 0.2) is 0 Å². The average Bonchev–Trinajstić information content (AvgIpc) is 1.66. The van der Waals surface area contributed by atoms with E-state index in [-0.39, 0.29) is 140 Å². The normalized spacial score (nSPS) is 18.1. The topological polar surface area (TPSA) is 455 Å². The second-order valence-corrected chi connectivity index (χ2v) is 29.8. The maximum atomic E-state index is 12.6. The number of Topliss-reactive ketones (excluding diaryl/α,β-unsaturated/α-hetero) is 2. The quantitative estimate of drug-likeness (QED) is 0.0196. The largest absolute Gasteiger partial charge is 3.00 e. The molecule has 0 radical (unpaired) electrons. The predicted molar refractivity (Wildman–Crippen MR) is 382 cm³/mol. The number of pyridine rings is 1. The van der Waals surface area contributed by atoms with Gasteiger partial charge in [-0.2, -0.15) is 23.5 Å². The number of fused-ring (bicyclic) bond motifs is 2. The van der Waals surface area contributed by atoms with E-state index in [0.29, 0.717) is 124 Å². The Balaban J connectivity index is 0.000000562. The number of carboxylic acid groups (broad SMARTS) is 6. The molecule has 1 aromatic heterocycles. The van der Waals surface area contributed by atoms with Crippen LogP contribution >= 0.6 is 35.7 Å². The minimum absolute atomic E-state index is 0. The predicted octanol–water partition coefficient (Wildman–Crippen LogP) is 1.47. The van der Waals surface area contributed by atoms with E-state index in [1.165, 1.54) is 12.1 Å². The molecule has 0 saturated carbocycles. The number of aromatic nitrogens is 1. The molecular weight excluding hydrogens is 1540 g/mol. The average molecular weight is 1640 g/mol. The zero-order valence-corrected chi connectivity index (χ0v) is 63.8. The number of rotatable bonds is 52. The number of benzene rings is 1. The summed E-state index contributed by atoms with van der Waals surface area (Å²) < 4.78 is 0. The molecule has 4 saturated heterocycles. The molecule has 1 aromatic carbocycles. The first kappa shape index (κ1) is 90.2. The summed E-state index contributed by atoms with van der Waals surface area (Å²) in [6.07, 6.45) is 19.8. The second-order valence-electron chi connectivity index (χ2n) is 26.7. The van der Waals surface area contributed by atoms with Crippen LogP contribution in [0.2, 0.25) is 0 Å². The SMILES string of the molecule is NCCCCCC(=O)NC(CCCCCC(=O)CCCCC1SCC2NC(=O)NC21)C(=O)O.O=C([O-])CN(CC(=O)[O-])Cc1cc(C#Cc2ccc(CC(=S)CCCCCCC(=O)NC(CCCCCC(=O)CCCCC3SCC4NC(=O)NC43)C(=O)O)cc2)cc(CN(CC(=O)[O-])CC(=O)[O-])n1.[Eu+3]. The molecule has 572 valence electrons. The van der Waals surface area contributed by atoms with Gasteiger partial charge in [0.2, 0.25) is 11.8 Å². The van der Waals surface area contributed by atoms with Gasteiger partial charge in [0.25, 0.3) is 0 Å². The van der Waals surface area contributed by atoms with Gasteiger partial charge in [0.05, 0.1) is 59.4 Å². The van der Waals surface area contributed by atoms with E-state index < -0.39 is 74.1 Å². The molecule has 32 heteroatoms. The van der Waals surface area contributed by atoms with Crippen LogP contribution in [-0.2, 0) is 67.5 Å². The maximum absolute atomic E-state index is 12.6. The molecule has 4 aliphatic heterocycles. The molecule has 6 amide bonds. The van der Waals surface area contributed by atoms with E-state index in [1.807, 2.05) is 35.7 Å². The van der Waals surface area contributed by atoms with Gasteiger partial charge >= 0.3 is 73.4 Å². The van der Waals surface area contributed by atoms with Crippen LogP contribution in [0.5, 0.6) is 0 Å². The summed E-state index contributed by atoms with van der Waals surface area (Å²) in [5.41, 5.74) is 7.70. The Morgan fingerprint density at radius 3 is 1.31 bits per heavy atom. The van der Waals surface area contributed by atoms with Crippen molar-refractivity contribution in [2.75, 3.05) is 44.2 Å². The van der Waals surface area contributed by atoms with Gasteiger partial charge in [-0.25, -0.2) is 19.2 Å². The fourth-order valence-electron chi connectivity index (χ4n) is 12.8. The number of ketones is 2. The van der Waals surface area contributed by atoms with Gasteiger partial charge in [-0.3, -0.25) is 34.0 Å². The number of amides is 6. The van der Waals surface area contributed by atoms with Gasteiger partial charge in [0, 0.05) is 117 Å². The number of unbranched alkanes of at least 4 members (excludes halogenated alkanes) is 11. The summed E-state index contributed by atoms with van der Waals surface area (Å²) in [4.78, 5) is 147. The van der Waals surface area contributed by atoms with Crippen molar-refractivity contribution in [2.24, 2.45) is 5.73 Å². The first-order valence-corrected chi connectivity index (χ1v) is 38.3. The molecule has 6 rings (SSSR count). The smallest absolute Gasteiger partial charge is 0.549 e. The van der Waals surface area contributed by atoms with Crippen molar-refractivity contribution < 1.29 is 138 Å². The van der Waals surface area contributed by atoms with Crippen molar-refractivity contribution in [1.82, 2.24) is 46.7 Å². The van der Waals surface area contributed by atoms with Crippen LogP contribution in [0.3, 0.4) is 0 Å². The third kappa shape index (κ3) is 37.4. The summed E-state index contributed by atoms with van der Waals surface area (Å²) in [6, 6.07) is 9.16. The Hall–Kier alpha value is -6.18. The Labute approximate surface area is 662 Å². The van der Waals surface area contributed by atoms with Crippen LogP contribution in [0.25, 0.3) is 0 Å². The zero-order valence-electron chi connectivity index (χ0n) is 58.9. The second kappa shape index (κ2) is 50.4. The molecule has 0 spiro atoms. The summed E-state index contributed by atoms with van der Waals surface area (Å²) in [5, 5.41) is 82.0. The van der Waals surface area contributed by atoms with E-state index in [9.17, 15) is 88.2 Å². The molecular formula is C72H100EuN10O18S3-. The number of nitrogens with zero attached hydrogens (tertiary/aromatic N) is 3. The summed E-state index contributed by atoms with van der Waals surface area (Å²) in [7, 11) is 0. The minimum Gasteiger partial charge on any atom is -0.549 e. The van der Waals surface area contributed by atoms with Crippen LogP contribution in [0.4, 0.5) is 9.59 Å². The summed E-state index contributed by atoms with van der Waals surface area (Å²) in [5.74, 6) is -0.475. The van der Waals surface area contributed by atoms with Crippen molar-refractivity contribution in [3.63, 3.8) is 0 Å². The Morgan fingerprint density at radius 2 is 0.904 bits per heavy atom. The van der Waals surface area contributed by atoms with Crippen LogP contribution in [0, 0.1) is 61.2 Å². The number of nitrogens with one attached hydrogen (secondary N) is 6. The first-order valence-electron chi connectivity index (χ1n) is 35.8. The number of hydrogen-bond donors (Lipinski definition) is 9. The van der Waals surface area contributed by atoms with Crippen molar-refractivity contribution in [3.05, 3.63) is 64.5 Å². The van der Waals surface area contributed by atoms with Crippen molar-refractivity contribution >= 4 is 112 Å². The van der Waals surface area contributed by atoms with E-state index in [1.54, 1.807) is 12.1 Å². The fraction of sp³-hybridized carbons (Fsp3) is 0.639. The third-order valence-electron chi connectivity index (χ3n) is 18.0. The molecule has 5 heterocycles. The van der Waals surface area contributed by atoms with Crippen LogP contribution in [-0.4, -0.2) is 192 Å². The molecule has 4 fully saturated rings.